The lowest BCUT2D eigenvalue weighted by molar-refractivity contribution is -0.287. The predicted molar refractivity (Wildman–Crippen MR) is 88.7 cm³/mol. The molecule has 0 aromatic heterocycles. The Balaban J connectivity index is 1.87. The summed E-state index contributed by atoms with van der Waals surface area (Å²) < 4.78 is 42.1. The number of carbonyl (C=O) groups is 1. The summed E-state index contributed by atoms with van der Waals surface area (Å²) in [5.74, 6) is 0.155. The van der Waals surface area contributed by atoms with E-state index in [2.05, 4.69) is 15.0 Å². The maximum Gasteiger partial charge on any atom is 0.586 e. The number of hydrogen-bond acceptors (Lipinski definition) is 7. The number of ether oxygens (including phenoxy) is 3. The Morgan fingerprint density at radius 3 is 3.00 bits per heavy atom. The summed E-state index contributed by atoms with van der Waals surface area (Å²) >= 11 is 1.26. The van der Waals surface area contributed by atoms with Gasteiger partial charge in [-0.05, 0) is 12.5 Å². The minimum Gasteiger partial charge on any atom is -0.465 e. The van der Waals surface area contributed by atoms with Gasteiger partial charge in [0.2, 0.25) is 0 Å². The molecule has 1 aromatic carbocycles. The van der Waals surface area contributed by atoms with Crippen molar-refractivity contribution in [3.8, 4) is 11.5 Å². The van der Waals surface area contributed by atoms with Gasteiger partial charge in [0.15, 0.2) is 16.7 Å². The van der Waals surface area contributed by atoms with Gasteiger partial charge in [0.05, 0.1) is 6.61 Å². The molecule has 3 aliphatic rings. The number of nitrogens with one attached hydrogen (secondary N) is 1. The lowest BCUT2D eigenvalue weighted by atomic mass is 9.76. The van der Waals surface area contributed by atoms with Crippen LogP contribution in [0.4, 0.5) is 19.3 Å². The fourth-order valence-corrected chi connectivity index (χ4v) is 4.64. The first-order chi connectivity index (χ1) is 12.3. The molecule has 1 saturated heterocycles. The van der Waals surface area contributed by atoms with Gasteiger partial charge < -0.3 is 25.1 Å². The average molecular weight is 387 g/mol. The molecule has 1 fully saturated rings. The van der Waals surface area contributed by atoms with Gasteiger partial charge in [-0.2, -0.15) is 0 Å². The highest BCUT2D eigenvalue weighted by Gasteiger charge is 2.52. The van der Waals surface area contributed by atoms with E-state index in [4.69, 9.17) is 20.3 Å². The molecule has 0 radical (unpaired) electrons. The van der Waals surface area contributed by atoms with Crippen molar-refractivity contribution in [2.45, 2.75) is 18.3 Å². The van der Waals surface area contributed by atoms with Crippen LogP contribution < -0.4 is 20.5 Å². The predicted octanol–water partition coefficient (Wildman–Crippen LogP) is 2.19. The highest BCUT2D eigenvalue weighted by atomic mass is 32.2. The monoisotopic (exact) mass is 387 g/mol. The van der Waals surface area contributed by atoms with Crippen LogP contribution in [0.25, 0.3) is 0 Å². The van der Waals surface area contributed by atoms with Gasteiger partial charge in [-0.3, -0.25) is 5.32 Å². The number of benzene rings is 1. The second-order valence-corrected chi connectivity index (χ2v) is 7.19. The van der Waals surface area contributed by atoms with Crippen molar-refractivity contribution in [2.75, 3.05) is 24.7 Å². The first-order valence-electron chi connectivity index (χ1n) is 7.79. The first kappa shape index (κ1) is 17.2. The second kappa shape index (κ2) is 5.88. The zero-order valence-corrected chi connectivity index (χ0v) is 14.1. The first-order valence-corrected chi connectivity index (χ1v) is 8.78. The van der Waals surface area contributed by atoms with Crippen molar-refractivity contribution in [1.82, 2.24) is 5.32 Å². The molecule has 0 aliphatic carbocycles. The lowest BCUT2D eigenvalue weighted by Gasteiger charge is -2.44. The standard InChI is InChI=1S/C15H15F2N3O5S/c16-15(17)24-10-4-8(18)3-9(11(10)25-15)14-6-23-2-1-7(14)5-26-12(20-14)19-13(21)22/h3-4,7H,1-2,5-6,18H2,(H,19,20)(H,21,22)/t7-,14-/m0/s1. The molecule has 2 atom stereocenters. The van der Waals surface area contributed by atoms with Gasteiger partial charge in [0.1, 0.15) is 5.54 Å². The number of nitrogen functional groups attached to an aromatic ring is 1. The number of amides is 1. The maximum absolute atomic E-state index is 13.6. The number of nitrogens with zero attached hydrogens (tertiary/aromatic N) is 1. The van der Waals surface area contributed by atoms with Crippen LogP contribution in [0.2, 0.25) is 0 Å². The van der Waals surface area contributed by atoms with Crippen molar-refractivity contribution < 1.29 is 32.9 Å². The van der Waals surface area contributed by atoms with Gasteiger partial charge in [-0.1, -0.05) is 11.8 Å². The largest absolute Gasteiger partial charge is 0.586 e. The van der Waals surface area contributed by atoms with Crippen LogP contribution in [-0.2, 0) is 10.3 Å². The van der Waals surface area contributed by atoms with Crippen molar-refractivity contribution >= 4 is 28.7 Å². The van der Waals surface area contributed by atoms with Gasteiger partial charge >= 0.3 is 12.4 Å². The molecule has 1 amide bonds. The average Bonchev–Trinajstić information content (AvgIpc) is 2.86. The molecule has 1 aromatic rings. The summed E-state index contributed by atoms with van der Waals surface area (Å²) in [6.07, 6.45) is -4.43. The Kier molecular flexibility index (Phi) is 3.88. The summed E-state index contributed by atoms with van der Waals surface area (Å²) in [7, 11) is 0. The molecule has 0 unspecified atom stereocenters. The topological polar surface area (TPSA) is 115 Å². The Morgan fingerprint density at radius 2 is 2.23 bits per heavy atom. The van der Waals surface area contributed by atoms with Crippen molar-refractivity contribution in [3.63, 3.8) is 0 Å². The van der Waals surface area contributed by atoms with E-state index < -0.39 is 17.9 Å². The Bertz CT molecular complexity index is 806. The van der Waals surface area contributed by atoms with Crippen LogP contribution in [0.15, 0.2) is 17.1 Å². The molecule has 0 saturated carbocycles. The third-order valence-electron chi connectivity index (χ3n) is 4.54. The molecule has 0 bridgehead atoms. The van der Waals surface area contributed by atoms with Gasteiger partial charge in [0, 0.05) is 35.6 Å². The number of alkyl halides is 2. The van der Waals surface area contributed by atoms with Crippen LogP contribution >= 0.6 is 11.8 Å². The van der Waals surface area contributed by atoms with Crippen LogP contribution in [0.1, 0.15) is 12.0 Å². The zero-order chi connectivity index (χ0) is 18.5. The number of rotatable bonds is 1. The minimum absolute atomic E-state index is 0.0654. The smallest absolute Gasteiger partial charge is 0.465 e. The summed E-state index contributed by atoms with van der Waals surface area (Å²) in [5, 5.41) is 11.4. The fourth-order valence-electron chi connectivity index (χ4n) is 3.46. The van der Waals surface area contributed by atoms with Crippen LogP contribution in [-0.4, -0.2) is 41.6 Å². The molecule has 11 heteroatoms. The number of nitrogens with two attached hydrogens (primary N) is 1. The molecule has 140 valence electrons. The lowest BCUT2D eigenvalue weighted by Crippen LogP contribution is -2.48. The summed E-state index contributed by atoms with van der Waals surface area (Å²) in [5.41, 5.74) is 5.30. The molecular weight excluding hydrogens is 372 g/mol. The van der Waals surface area contributed by atoms with E-state index in [1.54, 1.807) is 0 Å². The van der Waals surface area contributed by atoms with E-state index in [1.165, 1.54) is 23.9 Å². The van der Waals surface area contributed by atoms with Gasteiger partial charge in [-0.25, -0.2) is 9.79 Å². The molecule has 4 rings (SSSR count). The summed E-state index contributed by atoms with van der Waals surface area (Å²) in [6, 6.07) is 2.76. The van der Waals surface area contributed by atoms with E-state index in [0.717, 1.165) is 0 Å². The van der Waals surface area contributed by atoms with E-state index in [9.17, 15) is 13.6 Å². The highest BCUT2D eigenvalue weighted by Crippen LogP contribution is 2.53. The molecule has 0 spiro atoms. The third-order valence-corrected chi connectivity index (χ3v) is 5.57. The number of fused-ring (bicyclic) bond motifs is 2. The number of aliphatic imine (C=N–C) groups is 1. The van der Waals surface area contributed by atoms with E-state index in [0.29, 0.717) is 24.3 Å². The Hall–Kier alpha value is -2.27. The van der Waals surface area contributed by atoms with Crippen LogP contribution in [0.3, 0.4) is 0 Å². The Morgan fingerprint density at radius 1 is 1.42 bits per heavy atom. The number of halogens is 2. The SMILES string of the molecule is Nc1cc2c(c([C@]34COCC[C@H]3CSC(NC(=O)O)=N4)c1)OC(F)(F)O2. The molecule has 26 heavy (non-hydrogen) atoms. The number of hydrogen-bond donors (Lipinski definition) is 3. The fraction of sp³-hybridized carbons (Fsp3) is 0.467. The molecule has 8 nitrogen and oxygen atoms in total. The van der Waals surface area contributed by atoms with E-state index in [-0.39, 0.29) is 34.9 Å². The summed E-state index contributed by atoms with van der Waals surface area (Å²) in [6.45, 7) is 0.593. The normalized spacial score (nSPS) is 28.8. The van der Waals surface area contributed by atoms with E-state index >= 15 is 0 Å². The molecule has 3 aliphatic heterocycles. The highest BCUT2D eigenvalue weighted by molar-refractivity contribution is 8.13. The van der Waals surface area contributed by atoms with Crippen LogP contribution in [0, 0.1) is 5.92 Å². The van der Waals surface area contributed by atoms with Gasteiger partial charge in [-0.15, -0.1) is 8.78 Å². The Labute approximate surface area is 150 Å². The maximum atomic E-state index is 13.6. The van der Waals surface area contributed by atoms with Crippen molar-refractivity contribution in [3.05, 3.63) is 17.7 Å². The van der Waals surface area contributed by atoms with Crippen LogP contribution in [0.5, 0.6) is 11.5 Å². The number of amidine groups is 1. The minimum atomic E-state index is -3.80. The van der Waals surface area contributed by atoms with Gasteiger partial charge in [0.25, 0.3) is 0 Å². The second-order valence-electron chi connectivity index (χ2n) is 6.18. The van der Waals surface area contributed by atoms with E-state index in [1.807, 2.05) is 0 Å². The third kappa shape index (κ3) is 2.80. The molecule has 4 N–H and O–H groups in total. The number of thioether (sulfide) groups is 1. The zero-order valence-electron chi connectivity index (χ0n) is 13.3. The summed E-state index contributed by atoms with van der Waals surface area (Å²) in [4.78, 5) is 15.5. The van der Waals surface area contributed by atoms with Crippen molar-refractivity contribution in [2.24, 2.45) is 10.9 Å². The number of anilines is 1. The number of carboxylic acid groups (broad SMARTS) is 1. The van der Waals surface area contributed by atoms with Crippen molar-refractivity contribution in [1.29, 1.82) is 0 Å². The quantitative estimate of drug-likeness (QED) is 0.633. The molecular formula is C15H15F2N3O5S. The molecule has 3 heterocycles.